The average molecular weight is 262 g/mol. The highest BCUT2D eigenvalue weighted by Gasteiger charge is 2.09. The van der Waals surface area contributed by atoms with Gasteiger partial charge in [-0.2, -0.15) is 0 Å². The van der Waals surface area contributed by atoms with Crippen LogP contribution in [-0.2, 0) is 17.9 Å². The van der Waals surface area contributed by atoms with Crippen molar-refractivity contribution in [1.29, 1.82) is 0 Å². The molecule has 0 amide bonds. The molecule has 19 heavy (non-hydrogen) atoms. The third kappa shape index (κ3) is 5.31. The molecule has 1 aliphatic heterocycles. The second-order valence-corrected chi connectivity index (χ2v) is 5.33. The molecule has 0 bridgehead atoms. The van der Waals surface area contributed by atoms with Gasteiger partial charge in [-0.05, 0) is 56.6 Å². The second-order valence-electron chi connectivity index (χ2n) is 5.33. The Morgan fingerprint density at radius 2 is 2.00 bits per heavy atom. The van der Waals surface area contributed by atoms with E-state index in [2.05, 4.69) is 34.5 Å². The molecule has 1 aliphatic rings. The van der Waals surface area contributed by atoms with Crippen molar-refractivity contribution in [2.24, 2.45) is 0 Å². The summed E-state index contributed by atoms with van der Waals surface area (Å²) in [6.07, 6.45) is 4.03. The Bertz CT molecular complexity index is 362. The average Bonchev–Trinajstić information content (AvgIpc) is 2.92. The highest BCUT2D eigenvalue weighted by molar-refractivity contribution is 5.22. The molecule has 1 fully saturated rings. The van der Waals surface area contributed by atoms with Crippen LogP contribution in [0.1, 0.15) is 30.4 Å². The number of likely N-dealkylation sites (tertiary alicyclic amines) is 1. The quantitative estimate of drug-likeness (QED) is 0.728. The molecule has 0 saturated carbocycles. The van der Waals surface area contributed by atoms with Crippen LogP contribution >= 0.6 is 0 Å². The fourth-order valence-corrected chi connectivity index (χ4v) is 2.66. The van der Waals surface area contributed by atoms with Crippen molar-refractivity contribution in [2.75, 3.05) is 33.3 Å². The molecular formula is C16H26N2O. The minimum Gasteiger partial charge on any atom is -0.380 e. The summed E-state index contributed by atoms with van der Waals surface area (Å²) in [4.78, 5) is 2.57. The topological polar surface area (TPSA) is 24.5 Å². The first-order valence-corrected chi connectivity index (χ1v) is 7.38. The zero-order valence-electron chi connectivity index (χ0n) is 12.0. The molecule has 1 heterocycles. The maximum atomic E-state index is 5.16. The molecular weight excluding hydrogens is 236 g/mol. The van der Waals surface area contributed by atoms with E-state index in [1.807, 2.05) is 0 Å². The summed E-state index contributed by atoms with van der Waals surface area (Å²) in [6, 6.07) is 8.61. The van der Waals surface area contributed by atoms with E-state index < -0.39 is 0 Å². The Hall–Kier alpha value is -0.900. The number of nitrogens with zero attached hydrogens (tertiary/aromatic N) is 1. The normalized spacial score (nSPS) is 16.1. The van der Waals surface area contributed by atoms with Crippen LogP contribution in [0, 0.1) is 0 Å². The smallest absolute Gasteiger partial charge is 0.0713 e. The molecule has 3 heteroatoms. The lowest BCUT2D eigenvalue weighted by Crippen LogP contribution is -2.24. The summed E-state index contributed by atoms with van der Waals surface area (Å²) < 4.78 is 5.16. The Kier molecular flexibility index (Phi) is 6.34. The molecule has 0 radical (unpaired) electrons. The maximum absolute atomic E-state index is 5.16. The maximum Gasteiger partial charge on any atom is 0.0713 e. The van der Waals surface area contributed by atoms with Crippen LogP contribution in [0.25, 0.3) is 0 Å². The summed E-state index contributed by atoms with van der Waals surface area (Å²) >= 11 is 0. The zero-order valence-corrected chi connectivity index (χ0v) is 12.0. The number of benzene rings is 1. The first-order valence-electron chi connectivity index (χ1n) is 7.38. The summed E-state index contributed by atoms with van der Waals surface area (Å²) in [5.41, 5.74) is 2.59. The van der Waals surface area contributed by atoms with Crippen molar-refractivity contribution in [3.8, 4) is 0 Å². The molecule has 1 N–H and O–H groups in total. The first kappa shape index (κ1) is 14.5. The number of hydrogen-bond donors (Lipinski definition) is 1. The van der Waals surface area contributed by atoms with Gasteiger partial charge in [0, 0.05) is 13.7 Å². The van der Waals surface area contributed by atoms with E-state index in [1.54, 1.807) is 7.11 Å². The Labute approximate surface area is 116 Å². The molecule has 0 aliphatic carbocycles. The number of hydrogen-bond acceptors (Lipinski definition) is 3. The minimum atomic E-state index is 0.697. The first-order chi connectivity index (χ1) is 9.38. The fraction of sp³-hybridized carbons (Fsp3) is 0.625. The zero-order chi connectivity index (χ0) is 13.3. The van der Waals surface area contributed by atoms with Gasteiger partial charge in [0.2, 0.25) is 0 Å². The third-order valence-electron chi connectivity index (χ3n) is 3.66. The highest BCUT2D eigenvalue weighted by Crippen LogP contribution is 2.08. The van der Waals surface area contributed by atoms with Gasteiger partial charge in [0.25, 0.3) is 0 Å². The van der Waals surface area contributed by atoms with Gasteiger partial charge in [-0.1, -0.05) is 24.3 Å². The molecule has 1 aromatic rings. The number of methoxy groups -OCH3 is 1. The van der Waals surface area contributed by atoms with E-state index in [1.165, 1.54) is 50.0 Å². The van der Waals surface area contributed by atoms with Crippen molar-refractivity contribution in [3.63, 3.8) is 0 Å². The molecule has 0 unspecified atom stereocenters. The van der Waals surface area contributed by atoms with Crippen LogP contribution in [0.4, 0.5) is 0 Å². The van der Waals surface area contributed by atoms with Gasteiger partial charge in [-0.3, -0.25) is 0 Å². The van der Waals surface area contributed by atoms with Gasteiger partial charge in [0.15, 0.2) is 0 Å². The van der Waals surface area contributed by atoms with Crippen molar-refractivity contribution >= 4 is 0 Å². The summed E-state index contributed by atoms with van der Waals surface area (Å²) in [7, 11) is 1.74. The molecule has 0 atom stereocenters. The lowest BCUT2D eigenvalue weighted by atomic mass is 10.1. The number of rotatable bonds is 8. The van der Waals surface area contributed by atoms with E-state index in [-0.39, 0.29) is 0 Å². The van der Waals surface area contributed by atoms with E-state index in [9.17, 15) is 0 Å². The minimum absolute atomic E-state index is 0.697. The molecule has 0 aromatic heterocycles. The lowest BCUT2D eigenvalue weighted by molar-refractivity contribution is 0.185. The van der Waals surface area contributed by atoms with E-state index in [0.29, 0.717) is 6.61 Å². The lowest BCUT2D eigenvalue weighted by Gasteiger charge is -2.14. The Balaban J connectivity index is 1.60. The van der Waals surface area contributed by atoms with Crippen molar-refractivity contribution < 1.29 is 4.74 Å². The molecule has 0 spiro atoms. The van der Waals surface area contributed by atoms with Crippen LogP contribution < -0.4 is 5.32 Å². The molecule has 1 saturated heterocycles. The summed E-state index contributed by atoms with van der Waals surface area (Å²) in [5, 5.41) is 3.53. The van der Waals surface area contributed by atoms with Crippen LogP contribution in [-0.4, -0.2) is 38.2 Å². The summed E-state index contributed by atoms with van der Waals surface area (Å²) in [5.74, 6) is 0. The molecule has 3 nitrogen and oxygen atoms in total. The van der Waals surface area contributed by atoms with Crippen LogP contribution in [0.3, 0.4) is 0 Å². The Morgan fingerprint density at radius 3 is 2.79 bits per heavy atom. The van der Waals surface area contributed by atoms with Crippen LogP contribution in [0.2, 0.25) is 0 Å². The molecule has 106 valence electrons. The summed E-state index contributed by atoms with van der Waals surface area (Å²) in [6.45, 7) is 6.61. The second kappa shape index (κ2) is 8.31. The van der Waals surface area contributed by atoms with Crippen molar-refractivity contribution in [3.05, 3.63) is 35.4 Å². The molecule has 2 rings (SSSR count). The van der Waals surface area contributed by atoms with Gasteiger partial charge in [0.05, 0.1) is 6.61 Å². The Morgan fingerprint density at radius 1 is 1.21 bits per heavy atom. The predicted octanol–water partition coefficient (Wildman–Crippen LogP) is 2.41. The van der Waals surface area contributed by atoms with Crippen molar-refractivity contribution in [2.45, 2.75) is 32.4 Å². The molecule has 1 aromatic carbocycles. The van der Waals surface area contributed by atoms with Gasteiger partial charge in [-0.25, -0.2) is 0 Å². The van der Waals surface area contributed by atoms with Crippen molar-refractivity contribution in [1.82, 2.24) is 10.2 Å². The van der Waals surface area contributed by atoms with Gasteiger partial charge < -0.3 is 15.0 Å². The van der Waals surface area contributed by atoms with E-state index in [0.717, 1.165) is 13.1 Å². The third-order valence-corrected chi connectivity index (χ3v) is 3.66. The van der Waals surface area contributed by atoms with Gasteiger partial charge >= 0.3 is 0 Å². The predicted molar refractivity (Wildman–Crippen MR) is 79.2 cm³/mol. The SMILES string of the molecule is COCc1cccc(CNCCCN2CCCC2)c1. The van der Waals surface area contributed by atoms with E-state index in [4.69, 9.17) is 4.74 Å². The number of nitrogens with one attached hydrogen (secondary N) is 1. The highest BCUT2D eigenvalue weighted by atomic mass is 16.5. The monoisotopic (exact) mass is 262 g/mol. The van der Waals surface area contributed by atoms with Crippen LogP contribution in [0.5, 0.6) is 0 Å². The van der Waals surface area contributed by atoms with E-state index >= 15 is 0 Å². The fourth-order valence-electron chi connectivity index (χ4n) is 2.66. The van der Waals surface area contributed by atoms with Gasteiger partial charge in [0.1, 0.15) is 0 Å². The van der Waals surface area contributed by atoms with Crippen LogP contribution in [0.15, 0.2) is 24.3 Å². The number of ether oxygens (including phenoxy) is 1. The van der Waals surface area contributed by atoms with Gasteiger partial charge in [-0.15, -0.1) is 0 Å². The standard InChI is InChI=1S/C16H26N2O/c1-19-14-16-7-4-6-15(12-16)13-17-8-5-11-18-9-2-3-10-18/h4,6-7,12,17H,2-3,5,8-11,13-14H2,1H3. The largest absolute Gasteiger partial charge is 0.380 e.